The van der Waals surface area contributed by atoms with Gasteiger partial charge in [-0.05, 0) is 36.6 Å². The predicted molar refractivity (Wildman–Crippen MR) is 118 cm³/mol. The van der Waals surface area contributed by atoms with Crippen LogP contribution in [0.1, 0.15) is 16.8 Å². The van der Waals surface area contributed by atoms with Gasteiger partial charge in [-0.2, -0.15) is 11.8 Å². The number of nitrogens with zero attached hydrogens (tertiary/aromatic N) is 1. The van der Waals surface area contributed by atoms with Crippen LogP contribution in [0, 0.1) is 10.1 Å². The summed E-state index contributed by atoms with van der Waals surface area (Å²) in [5.74, 6) is 0.649. The Labute approximate surface area is 178 Å². The highest BCUT2D eigenvalue weighted by Gasteiger charge is 2.21. The molecule has 2 aromatic rings. The summed E-state index contributed by atoms with van der Waals surface area (Å²) in [6.45, 7) is 0.473. The lowest BCUT2D eigenvalue weighted by molar-refractivity contribution is -0.384. The van der Waals surface area contributed by atoms with Crippen molar-refractivity contribution in [2.45, 2.75) is 17.4 Å². The van der Waals surface area contributed by atoms with Gasteiger partial charge in [0.05, 0.1) is 4.92 Å². The second kappa shape index (κ2) is 12.1. The molecule has 2 N–H and O–H groups in total. The van der Waals surface area contributed by atoms with Crippen LogP contribution in [0.15, 0.2) is 59.5 Å². The Hall–Kier alpha value is -2.52. The van der Waals surface area contributed by atoms with Gasteiger partial charge >= 0.3 is 0 Å². The first-order valence-electron chi connectivity index (χ1n) is 9.01. The number of carbonyl (C=O) groups excluding carboxylic acids is 2. The molecule has 0 aliphatic carbocycles. The number of rotatable bonds is 11. The van der Waals surface area contributed by atoms with E-state index in [1.807, 2.05) is 36.6 Å². The van der Waals surface area contributed by atoms with Crippen LogP contribution in [-0.2, 0) is 4.79 Å². The molecule has 0 fully saturated rings. The van der Waals surface area contributed by atoms with E-state index >= 15 is 0 Å². The zero-order chi connectivity index (χ0) is 21.1. The van der Waals surface area contributed by atoms with E-state index in [0.29, 0.717) is 24.5 Å². The van der Waals surface area contributed by atoms with Crippen LogP contribution < -0.4 is 10.6 Å². The Morgan fingerprint density at radius 2 is 1.86 bits per heavy atom. The van der Waals surface area contributed by atoms with Crippen LogP contribution in [0.4, 0.5) is 5.69 Å². The normalized spacial score (nSPS) is 11.5. The molecule has 2 aromatic carbocycles. The fourth-order valence-corrected chi connectivity index (χ4v) is 3.75. The van der Waals surface area contributed by atoms with E-state index < -0.39 is 16.9 Å². The van der Waals surface area contributed by atoms with E-state index in [0.717, 1.165) is 4.90 Å². The summed E-state index contributed by atoms with van der Waals surface area (Å²) in [5, 5.41) is 16.5. The number of nitro benzene ring substituents is 1. The molecule has 9 heteroatoms. The standard InChI is InChI=1S/C20H23N3O4S2/c1-28-12-10-18(20(25)21-11-13-29-17-8-3-2-4-9-17)22-19(24)15-6-5-7-16(14-15)23(26)27/h2-9,14,18H,10-13H2,1H3,(H,21,25)(H,22,24). The van der Waals surface area contributed by atoms with E-state index in [2.05, 4.69) is 10.6 Å². The van der Waals surface area contributed by atoms with E-state index in [9.17, 15) is 19.7 Å². The third-order valence-corrected chi connectivity index (χ3v) is 5.62. The van der Waals surface area contributed by atoms with Gasteiger partial charge in [0, 0.05) is 34.9 Å². The Balaban J connectivity index is 1.91. The number of nitrogens with one attached hydrogen (secondary N) is 2. The molecule has 0 heterocycles. The first kappa shape index (κ1) is 22.8. The Morgan fingerprint density at radius 1 is 1.10 bits per heavy atom. The van der Waals surface area contributed by atoms with Crippen LogP contribution in [-0.4, -0.2) is 47.1 Å². The molecule has 0 saturated carbocycles. The molecule has 0 saturated heterocycles. The molecular formula is C20H23N3O4S2. The van der Waals surface area contributed by atoms with Crippen LogP contribution in [0.5, 0.6) is 0 Å². The molecule has 0 bridgehead atoms. The van der Waals surface area contributed by atoms with Gasteiger partial charge in [0.1, 0.15) is 6.04 Å². The number of benzene rings is 2. The van der Waals surface area contributed by atoms with Crippen LogP contribution >= 0.6 is 23.5 Å². The molecule has 2 rings (SSSR count). The Bertz CT molecular complexity index is 833. The van der Waals surface area contributed by atoms with Crippen molar-refractivity contribution in [1.82, 2.24) is 10.6 Å². The first-order valence-corrected chi connectivity index (χ1v) is 11.4. The van der Waals surface area contributed by atoms with E-state index in [1.54, 1.807) is 23.5 Å². The van der Waals surface area contributed by atoms with Crippen molar-refractivity contribution in [2.24, 2.45) is 0 Å². The molecule has 0 radical (unpaired) electrons. The average Bonchev–Trinajstić information content (AvgIpc) is 2.74. The van der Waals surface area contributed by atoms with Crippen molar-refractivity contribution in [3.63, 3.8) is 0 Å². The summed E-state index contributed by atoms with van der Waals surface area (Å²) in [6, 6.07) is 14.6. The van der Waals surface area contributed by atoms with Gasteiger partial charge in [-0.3, -0.25) is 19.7 Å². The van der Waals surface area contributed by atoms with Crippen molar-refractivity contribution in [1.29, 1.82) is 0 Å². The number of hydrogen-bond donors (Lipinski definition) is 2. The largest absolute Gasteiger partial charge is 0.353 e. The van der Waals surface area contributed by atoms with Gasteiger partial charge < -0.3 is 10.6 Å². The van der Waals surface area contributed by atoms with Crippen LogP contribution in [0.2, 0.25) is 0 Å². The quantitative estimate of drug-likeness (QED) is 0.244. The molecule has 0 aliphatic rings. The summed E-state index contributed by atoms with van der Waals surface area (Å²) in [4.78, 5) is 36.5. The highest BCUT2D eigenvalue weighted by atomic mass is 32.2. The zero-order valence-corrected chi connectivity index (χ0v) is 17.6. The summed E-state index contributed by atoms with van der Waals surface area (Å²) < 4.78 is 0. The predicted octanol–water partition coefficient (Wildman–Crippen LogP) is 3.35. The van der Waals surface area contributed by atoms with E-state index in [1.165, 1.54) is 24.3 Å². The zero-order valence-electron chi connectivity index (χ0n) is 16.0. The maximum absolute atomic E-state index is 12.5. The van der Waals surface area contributed by atoms with Crippen molar-refractivity contribution < 1.29 is 14.5 Å². The number of carbonyl (C=O) groups is 2. The SMILES string of the molecule is CSCCC(NC(=O)c1cccc([N+](=O)[O-])c1)C(=O)NCCSc1ccccc1. The van der Waals surface area contributed by atoms with Gasteiger partial charge in [0.15, 0.2) is 0 Å². The number of hydrogen-bond acceptors (Lipinski definition) is 6. The van der Waals surface area contributed by atoms with Crippen molar-refractivity contribution in [3.8, 4) is 0 Å². The van der Waals surface area contributed by atoms with Gasteiger partial charge in [-0.1, -0.05) is 24.3 Å². The summed E-state index contributed by atoms with van der Waals surface area (Å²) in [5.41, 5.74) is -0.0125. The maximum atomic E-state index is 12.5. The highest BCUT2D eigenvalue weighted by Crippen LogP contribution is 2.16. The smallest absolute Gasteiger partial charge is 0.270 e. The van der Waals surface area contributed by atoms with Crippen molar-refractivity contribution >= 4 is 41.0 Å². The van der Waals surface area contributed by atoms with Gasteiger partial charge in [0.2, 0.25) is 5.91 Å². The molecular weight excluding hydrogens is 410 g/mol. The molecule has 2 amide bonds. The maximum Gasteiger partial charge on any atom is 0.270 e. The minimum Gasteiger partial charge on any atom is -0.353 e. The minimum atomic E-state index is -0.698. The van der Waals surface area contributed by atoms with E-state index in [-0.39, 0.29) is 17.2 Å². The van der Waals surface area contributed by atoms with E-state index in [4.69, 9.17) is 0 Å². The molecule has 0 aliphatic heterocycles. The van der Waals surface area contributed by atoms with Gasteiger partial charge in [-0.15, -0.1) is 11.8 Å². The van der Waals surface area contributed by atoms with Gasteiger partial charge in [-0.25, -0.2) is 0 Å². The molecule has 29 heavy (non-hydrogen) atoms. The van der Waals surface area contributed by atoms with Crippen LogP contribution in [0.3, 0.4) is 0 Å². The first-order chi connectivity index (χ1) is 14.0. The fourth-order valence-electron chi connectivity index (χ4n) is 2.49. The summed E-state index contributed by atoms with van der Waals surface area (Å²) in [6.07, 6.45) is 2.40. The summed E-state index contributed by atoms with van der Waals surface area (Å²) >= 11 is 3.21. The number of nitro groups is 1. The fraction of sp³-hybridized carbons (Fsp3) is 0.300. The molecule has 1 unspecified atom stereocenters. The Morgan fingerprint density at radius 3 is 2.55 bits per heavy atom. The lowest BCUT2D eigenvalue weighted by Crippen LogP contribution is -2.47. The molecule has 154 valence electrons. The number of non-ortho nitro benzene ring substituents is 1. The Kier molecular flexibility index (Phi) is 9.52. The topological polar surface area (TPSA) is 101 Å². The molecule has 0 spiro atoms. The van der Waals surface area contributed by atoms with Crippen molar-refractivity contribution in [2.75, 3.05) is 24.3 Å². The lowest BCUT2D eigenvalue weighted by Gasteiger charge is -2.18. The monoisotopic (exact) mass is 433 g/mol. The lowest BCUT2D eigenvalue weighted by atomic mass is 10.1. The minimum absolute atomic E-state index is 0.154. The average molecular weight is 434 g/mol. The van der Waals surface area contributed by atoms with Crippen LogP contribution in [0.25, 0.3) is 0 Å². The van der Waals surface area contributed by atoms with Crippen molar-refractivity contribution in [3.05, 3.63) is 70.3 Å². The second-order valence-corrected chi connectivity index (χ2v) is 8.22. The highest BCUT2D eigenvalue weighted by molar-refractivity contribution is 7.99. The van der Waals surface area contributed by atoms with Gasteiger partial charge in [0.25, 0.3) is 11.6 Å². The summed E-state index contributed by atoms with van der Waals surface area (Å²) in [7, 11) is 0. The second-order valence-electron chi connectivity index (χ2n) is 6.07. The third-order valence-electron chi connectivity index (χ3n) is 3.96. The third kappa shape index (κ3) is 7.78. The molecule has 1 atom stereocenters. The molecule has 7 nitrogen and oxygen atoms in total. The molecule has 0 aromatic heterocycles. The number of amides is 2. The number of thioether (sulfide) groups is 2.